The van der Waals surface area contributed by atoms with Gasteiger partial charge >= 0.3 is 0 Å². The first-order chi connectivity index (χ1) is 13.1. The van der Waals surface area contributed by atoms with Crippen LogP contribution in [0.1, 0.15) is 42.1 Å². The Labute approximate surface area is 158 Å². The maximum atomic E-state index is 12.5. The average molecular weight is 362 g/mol. The molecule has 1 amide bonds. The zero-order valence-corrected chi connectivity index (χ0v) is 15.7. The zero-order chi connectivity index (χ0) is 19.0. The first kappa shape index (κ1) is 17.3. The number of carbonyl (C=O) groups excluding carboxylic acids is 1. The van der Waals surface area contributed by atoms with Crippen LogP contribution in [0.4, 0.5) is 5.95 Å². The summed E-state index contributed by atoms with van der Waals surface area (Å²) in [6.07, 6.45) is 2.24. The van der Waals surface area contributed by atoms with Gasteiger partial charge in [0.25, 0.3) is 0 Å². The van der Waals surface area contributed by atoms with Crippen LogP contribution in [0.15, 0.2) is 54.9 Å². The zero-order valence-electron chi connectivity index (χ0n) is 15.7. The molecule has 0 saturated heterocycles. The number of hydrogen-bond donors (Lipinski definition) is 0. The fourth-order valence-electron chi connectivity index (χ4n) is 3.73. The maximum Gasteiger partial charge on any atom is 0.231 e. The minimum Gasteiger partial charge on any atom is -0.497 e. The number of nitrogens with zero attached hydrogens (tertiary/aromatic N) is 4. The molecule has 0 fully saturated rings. The third-order valence-electron chi connectivity index (χ3n) is 5.12. The molecule has 0 radical (unpaired) electrons. The van der Waals surface area contributed by atoms with Crippen molar-refractivity contribution in [2.75, 3.05) is 12.0 Å². The fraction of sp³-hybridized carbons (Fsp3) is 0.286. The van der Waals surface area contributed by atoms with Crippen LogP contribution in [0.25, 0.3) is 0 Å². The van der Waals surface area contributed by atoms with Crippen LogP contribution < -0.4 is 9.64 Å². The van der Waals surface area contributed by atoms with Crippen LogP contribution in [0.3, 0.4) is 0 Å². The molecule has 0 aliphatic carbocycles. The van der Waals surface area contributed by atoms with Crippen LogP contribution in [0.5, 0.6) is 5.75 Å². The van der Waals surface area contributed by atoms with Gasteiger partial charge in [-0.2, -0.15) is 10.1 Å². The van der Waals surface area contributed by atoms with Gasteiger partial charge in [-0.1, -0.05) is 42.0 Å². The molecule has 1 aliphatic heterocycles. The third-order valence-corrected chi connectivity index (χ3v) is 5.12. The highest BCUT2D eigenvalue weighted by molar-refractivity contribution is 5.90. The predicted octanol–water partition coefficient (Wildman–Crippen LogP) is 3.68. The summed E-state index contributed by atoms with van der Waals surface area (Å²) < 4.78 is 7.11. The fourth-order valence-corrected chi connectivity index (χ4v) is 3.73. The number of rotatable bonds is 3. The van der Waals surface area contributed by atoms with E-state index < -0.39 is 0 Å². The van der Waals surface area contributed by atoms with Crippen LogP contribution in [-0.4, -0.2) is 27.8 Å². The Morgan fingerprint density at radius 3 is 2.30 bits per heavy atom. The second-order valence-electron chi connectivity index (χ2n) is 6.84. The monoisotopic (exact) mass is 362 g/mol. The van der Waals surface area contributed by atoms with E-state index in [4.69, 9.17) is 4.74 Å². The number of ether oxygens (including phenoxy) is 1. The number of aryl methyl sites for hydroxylation is 1. The molecule has 6 heteroatoms. The lowest BCUT2D eigenvalue weighted by Gasteiger charge is -2.38. The molecule has 2 heterocycles. The van der Waals surface area contributed by atoms with Crippen LogP contribution in [0.2, 0.25) is 0 Å². The number of anilines is 1. The third kappa shape index (κ3) is 3.07. The minimum absolute atomic E-state index is 0.00434. The van der Waals surface area contributed by atoms with Gasteiger partial charge in [0.2, 0.25) is 11.9 Å². The summed E-state index contributed by atoms with van der Waals surface area (Å²) in [4.78, 5) is 18.6. The smallest absolute Gasteiger partial charge is 0.231 e. The molecule has 0 spiro atoms. The van der Waals surface area contributed by atoms with Crippen molar-refractivity contribution in [2.45, 2.75) is 32.4 Å². The van der Waals surface area contributed by atoms with Gasteiger partial charge in [0.1, 0.15) is 12.1 Å². The molecule has 0 unspecified atom stereocenters. The molecule has 1 aromatic heterocycles. The molecule has 0 N–H and O–H groups in total. The number of aromatic nitrogens is 3. The highest BCUT2D eigenvalue weighted by atomic mass is 16.5. The number of amides is 1. The molecule has 27 heavy (non-hydrogen) atoms. The van der Waals surface area contributed by atoms with Crippen molar-refractivity contribution in [1.29, 1.82) is 0 Å². The number of carbonyl (C=O) groups is 1. The quantitative estimate of drug-likeness (QED) is 0.713. The number of hydrogen-bond acceptors (Lipinski definition) is 4. The first-order valence-corrected chi connectivity index (χ1v) is 8.98. The second-order valence-corrected chi connectivity index (χ2v) is 6.84. The Hall–Kier alpha value is -3.15. The highest BCUT2D eigenvalue weighted by Crippen LogP contribution is 2.41. The van der Waals surface area contributed by atoms with Gasteiger partial charge in [-0.15, -0.1) is 0 Å². The molecule has 0 saturated carbocycles. The van der Waals surface area contributed by atoms with E-state index in [2.05, 4.69) is 41.3 Å². The summed E-state index contributed by atoms with van der Waals surface area (Å²) >= 11 is 0. The van der Waals surface area contributed by atoms with E-state index in [0.717, 1.165) is 23.3 Å². The topological polar surface area (TPSA) is 60.2 Å². The van der Waals surface area contributed by atoms with Crippen molar-refractivity contribution in [3.8, 4) is 5.75 Å². The Bertz CT molecular complexity index is 947. The van der Waals surface area contributed by atoms with E-state index in [1.54, 1.807) is 18.9 Å². The van der Waals surface area contributed by atoms with Crippen molar-refractivity contribution in [3.63, 3.8) is 0 Å². The van der Waals surface area contributed by atoms with Gasteiger partial charge in [0.15, 0.2) is 0 Å². The van der Waals surface area contributed by atoms with Gasteiger partial charge in [0, 0.05) is 6.92 Å². The van der Waals surface area contributed by atoms with Gasteiger partial charge < -0.3 is 4.74 Å². The van der Waals surface area contributed by atoms with Crippen LogP contribution in [0, 0.1) is 6.92 Å². The molecular weight excluding hydrogens is 340 g/mol. The molecule has 2 atom stereocenters. The van der Waals surface area contributed by atoms with Gasteiger partial charge in [-0.05, 0) is 36.6 Å². The summed E-state index contributed by atoms with van der Waals surface area (Å²) in [6, 6.07) is 16.2. The van der Waals surface area contributed by atoms with Crippen molar-refractivity contribution < 1.29 is 9.53 Å². The van der Waals surface area contributed by atoms with Crippen molar-refractivity contribution in [1.82, 2.24) is 14.8 Å². The minimum atomic E-state index is -0.0908. The number of methoxy groups -OCH3 is 1. The van der Waals surface area contributed by atoms with E-state index in [1.807, 2.05) is 28.9 Å². The number of fused-ring (bicyclic) bond motifs is 1. The molecule has 3 aromatic rings. The van der Waals surface area contributed by atoms with Gasteiger partial charge in [-0.3, -0.25) is 9.69 Å². The lowest BCUT2D eigenvalue weighted by Crippen LogP contribution is -2.41. The van der Waals surface area contributed by atoms with Crippen LogP contribution in [-0.2, 0) is 4.79 Å². The van der Waals surface area contributed by atoms with Crippen molar-refractivity contribution >= 4 is 11.9 Å². The summed E-state index contributed by atoms with van der Waals surface area (Å²) in [6.45, 7) is 3.64. The normalized spacial score (nSPS) is 18.9. The van der Waals surface area contributed by atoms with Crippen molar-refractivity contribution in [2.24, 2.45) is 0 Å². The standard InChI is InChI=1S/C21H22N4O2/c1-14-4-6-16(7-5-14)19-12-20(17-8-10-18(27-3)11-9-17)25-21(22-13-23-25)24(19)15(2)26/h4-11,13,19-20H,12H2,1-3H3/t19-,20-/m0/s1. The average Bonchev–Trinajstić information content (AvgIpc) is 3.16. The number of benzene rings is 2. The van der Waals surface area contributed by atoms with E-state index >= 15 is 0 Å². The van der Waals surface area contributed by atoms with E-state index in [9.17, 15) is 4.79 Å². The Kier molecular flexibility index (Phi) is 4.39. The highest BCUT2D eigenvalue weighted by Gasteiger charge is 2.38. The summed E-state index contributed by atoms with van der Waals surface area (Å²) in [5, 5.41) is 4.41. The second kappa shape index (κ2) is 6.87. The molecule has 138 valence electrons. The lowest BCUT2D eigenvalue weighted by molar-refractivity contribution is -0.117. The Morgan fingerprint density at radius 2 is 1.67 bits per heavy atom. The lowest BCUT2D eigenvalue weighted by atomic mass is 9.91. The molecule has 0 bridgehead atoms. The molecular formula is C21H22N4O2. The summed E-state index contributed by atoms with van der Waals surface area (Å²) in [5.74, 6) is 1.36. The first-order valence-electron chi connectivity index (χ1n) is 8.98. The largest absolute Gasteiger partial charge is 0.497 e. The maximum absolute atomic E-state index is 12.5. The van der Waals surface area contributed by atoms with Gasteiger partial charge in [0.05, 0.1) is 19.2 Å². The Balaban J connectivity index is 1.80. The van der Waals surface area contributed by atoms with Crippen LogP contribution >= 0.6 is 0 Å². The van der Waals surface area contributed by atoms with E-state index in [0.29, 0.717) is 5.95 Å². The van der Waals surface area contributed by atoms with Gasteiger partial charge in [-0.25, -0.2) is 4.68 Å². The predicted molar refractivity (Wildman–Crippen MR) is 103 cm³/mol. The summed E-state index contributed by atoms with van der Waals surface area (Å²) in [7, 11) is 1.66. The SMILES string of the molecule is COc1ccc([C@@H]2C[C@@H](c3ccc(C)cc3)N(C(C)=O)c3ncnn32)cc1. The summed E-state index contributed by atoms with van der Waals surface area (Å²) in [5.41, 5.74) is 3.41. The molecule has 2 aromatic carbocycles. The molecule has 1 aliphatic rings. The molecule has 6 nitrogen and oxygen atoms in total. The molecule has 4 rings (SSSR count). The van der Waals surface area contributed by atoms with E-state index in [1.165, 1.54) is 11.9 Å². The van der Waals surface area contributed by atoms with E-state index in [-0.39, 0.29) is 18.0 Å². The Morgan fingerprint density at radius 1 is 1.04 bits per heavy atom. The van der Waals surface area contributed by atoms with Crippen molar-refractivity contribution in [3.05, 3.63) is 71.5 Å².